The van der Waals surface area contributed by atoms with Gasteiger partial charge >= 0.3 is 0 Å². The number of morpholine rings is 1. The molecular formula is C14H28N2O. The van der Waals surface area contributed by atoms with Crippen LogP contribution in [0.2, 0.25) is 0 Å². The Hall–Kier alpha value is -0.120. The van der Waals surface area contributed by atoms with Crippen LogP contribution in [0, 0.1) is 5.92 Å². The quantitative estimate of drug-likeness (QED) is 0.802. The molecule has 2 N–H and O–H groups in total. The highest BCUT2D eigenvalue weighted by Gasteiger charge is 2.45. The van der Waals surface area contributed by atoms with Crippen LogP contribution in [0.25, 0.3) is 0 Å². The van der Waals surface area contributed by atoms with E-state index < -0.39 is 0 Å². The Kier molecular flexibility index (Phi) is 3.81. The molecule has 2 fully saturated rings. The van der Waals surface area contributed by atoms with E-state index in [4.69, 9.17) is 10.5 Å². The molecule has 0 aromatic rings. The first-order chi connectivity index (χ1) is 8.00. The van der Waals surface area contributed by atoms with Crippen molar-refractivity contribution in [1.82, 2.24) is 4.90 Å². The lowest BCUT2D eigenvalue weighted by molar-refractivity contribution is -0.131. The van der Waals surface area contributed by atoms with Gasteiger partial charge in [-0.3, -0.25) is 4.90 Å². The lowest BCUT2D eigenvalue weighted by Gasteiger charge is -2.54. The summed E-state index contributed by atoms with van der Waals surface area (Å²) < 4.78 is 5.83. The zero-order valence-electron chi connectivity index (χ0n) is 11.7. The van der Waals surface area contributed by atoms with Gasteiger partial charge in [0.2, 0.25) is 0 Å². The van der Waals surface area contributed by atoms with Gasteiger partial charge in [0.25, 0.3) is 0 Å². The first-order valence-electron chi connectivity index (χ1n) is 7.09. The topological polar surface area (TPSA) is 38.5 Å². The molecule has 0 amide bonds. The Morgan fingerprint density at radius 2 is 2.12 bits per heavy atom. The maximum absolute atomic E-state index is 6.17. The third kappa shape index (κ3) is 2.51. The molecule has 1 heterocycles. The van der Waals surface area contributed by atoms with Crippen LogP contribution in [-0.2, 0) is 4.74 Å². The maximum atomic E-state index is 6.17. The highest BCUT2D eigenvalue weighted by Crippen LogP contribution is 2.39. The second kappa shape index (κ2) is 4.87. The van der Waals surface area contributed by atoms with Crippen molar-refractivity contribution in [1.29, 1.82) is 0 Å². The van der Waals surface area contributed by atoms with Crippen molar-refractivity contribution in [3.63, 3.8) is 0 Å². The largest absolute Gasteiger partial charge is 0.373 e. The summed E-state index contributed by atoms with van der Waals surface area (Å²) in [5, 5.41) is 0. The Labute approximate surface area is 106 Å². The molecule has 0 radical (unpaired) electrons. The molecule has 1 aliphatic heterocycles. The number of rotatable bonds is 2. The van der Waals surface area contributed by atoms with Crippen LogP contribution in [0.4, 0.5) is 0 Å². The Bertz CT molecular complexity index is 267. The lowest BCUT2D eigenvalue weighted by atomic mass is 9.72. The van der Waals surface area contributed by atoms with E-state index in [0.29, 0.717) is 0 Å². The van der Waals surface area contributed by atoms with Crippen LogP contribution in [0.1, 0.15) is 46.5 Å². The molecule has 1 saturated carbocycles. The van der Waals surface area contributed by atoms with Gasteiger partial charge in [-0.2, -0.15) is 0 Å². The van der Waals surface area contributed by atoms with Crippen molar-refractivity contribution in [3.8, 4) is 0 Å². The van der Waals surface area contributed by atoms with Crippen molar-refractivity contribution in [2.75, 3.05) is 26.2 Å². The van der Waals surface area contributed by atoms with Gasteiger partial charge in [-0.1, -0.05) is 19.8 Å². The van der Waals surface area contributed by atoms with E-state index in [9.17, 15) is 0 Å². The second-order valence-corrected chi connectivity index (χ2v) is 6.48. The molecule has 100 valence electrons. The molecule has 0 aromatic carbocycles. The predicted molar refractivity (Wildman–Crippen MR) is 71.0 cm³/mol. The number of nitrogens with zero attached hydrogens (tertiary/aromatic N) is 1. The lowest BCUT2D eigenvalue weighted by Crippen LogP contribution is -2.64. The van der Waals surface area contributed by atoms with E-state index in [1.807, 2.05) is 0 Å². The molecule has 0 aromatic heterocycles. The molecule has 1 aliphatic carbocycles. The van der Waals surface area contributed by atoms with E-state index in [0.717, 1.165) is 32.2 Å². The Morgan fingerprint density at radius 1 is 1.35 bits per heavy atom. The molecule has 2 atom stereocenters. The summed E-state index contributed by atoms with van der Waals surface area (Å²) in [6.45, 7) is 10.5. The van der Waals surface area contributed by atoms with Crippen molar-refractivity contribution in [2.45, 2.75) is 57.6 Å². The standard InChI is InChI=1S/C14H28N2O/c1-12-6-4-5-7-14(12,10-15)16-8-9-17-13(2,3)11-16/h12H,4-11,15H2,1-3H3. The third-order valence-corrected chi connectivity index (χ3v) is 4.82. The molecule has 2 unspecified atom stereocenters. The second-order valence-electron chi connectivity index (χ2n) is 6.48. The first-order valence-corrected chi connectivity index (χ1v) is 7.09. The molecule has 0 spiro atoms. The molecule has 17 heavy (non-hydrogen) atoms. The van der Waals surface area contributed by atoms with E-state index in [1.165, 1.54) is 25.7 Å². The summed E-state index contributed by atoms with van der Waals surface area (Å²) in [4.78, 5) is 2.63. The van der Waals surface area contributed by atoms with Gasteiger partial charge in [0.05, 0.1) is 12.2 Å². The van der Waals surface area contributed by atoms with Gasteiger partial charge in [0.1, 0.15) is 0 Å². The summed E-state index contributed by atoms with van der Waals surface area (Å²) in [6.07, 6.45) is 5.30. The third-order valence-electron chi connectivity index (χ3n) is 4.82. The van der Waals surface area contributed by atoms with Crippen molar-refractivity contribution >= 4 is 0 Å². The Morgan fingerprint density at radius 3 is 2.71 bits per heavy atom. The van der Waals surface area contributed by atoms with Crippen molar-refractivity contribution < 1.29 is 4.74 Å². The molecule has 2 rings (SSSR count). The summed E-state index contributed by atoms with van der Waals surface area (Å²) in [5.74, 6) is 0.718. The fourth-order valence-electron chi connectivity index (χ4n) is 3.70. The van der Waals surface area contributed by atoms with Crippen molar-refractivity contribution in [2.24, 2.45) is 11.7 Å². The van der Waals surface area contributed by atoms with E-state index in [-0.39, 0.29) is 11.1 Å². The fraction of sp³-hybridized carbons (Fsp3) is 1.00. The molecular weight excluding hydrogens is 212 g/mol. The van der Waals surface area contributed by atoms with Gasteiger partial charge in [-0.25, -0.2) is 0 Å². The summed E-state index contributed by atoms with van der Waals surface area (Å²) in [6, 6.07) is 0. The molecule has 1 saturated heterocycles. The highest BCUT2D eigenvalue weighted by atomic mass is 16.5. The first kappa shape index (κ1) is 13.3. The monoisotopic (exact) mass is 240 g/mol. The fourth-order valence-corrected chi connectivity index (χ4v) is 3.70. The summed E-state index contributed by atoms with van der Waals surface area (Å²) >= 11 is 0. The maximum Gasteiger partial charge on any atom is 0.0753 e. The van der Waals surface area contributed by atoms with Crippen LogP contribution in [0.15, 0.2) is 0 Å². The van der Waals surface area contributed by atoms with Gasteiger partial charge in [0.15, 0.2) is 0 Å². The van der Waals surface area contributed by atoms with Crippen LogP contribution in [-0.4, -0.2) is 42.3 Å². The normalized spacial score (nSPS) is 39.2. The molecule has 2 aliphatic rings. The van der Waals surface area contributed by atoms with Gasteiger partial charge < -0.3 is 10.5 Å². The predicted octanol–water partition coefficient (Wildman–Crippen LogP) is 2.00. The summed E-state index contributed by atoms with van der Waals surface area (Å²) in [7, 11) is 0. The number of hydrogen-bond acceptors (Lipinski definition) is 3. The average molecular weight is 240 g/mol. The molecule has 0 bridgehead atoms. The van der Waals surface area contributed by atoms with Gasteiger partial charge in [-0.15, -0.1) is 0 Å². The minimum Gasteiger partial charge on any atom is -0.373 e. The Balaban J connectivity index is 2.16. The van der Waals surface area contributed by atoms with Crippen LogP contribution >= 0.6 is 0 Å². The minimum atomic E-state index is -0.0163. The van der Waals surface area contributed by atoms with Crippen LogP contribution in [0.3, 0.4) is 0 Å². The average Bonchev–Trinajstić information content (AvgIpc) is 2.28. The van der Waals surface area contributed by atoms with E-state index in [2.05, 4.69) is 25.7 Å². The van der Waals surface area contributed by atoms with Gasteiger partial charge in [-0.05, 0) is 32.6 Å². The number of ether oxygens (including phenoxy) is 1. The highest BCUT2D eigenvalue weighted by molar-refractivity contribution is 5.00. The van der Waals surface area contributed by atoms with Gasteiger partial charge in [0, 0.05) is 25.2 Å². The van der Waals surface area contributed by atoms with Crippen molar-refractivity contribution in [3.05, 3.63) is 0 Å². The SMILES string of the molecule is CC1CCCCC1(CN)N1CCOC(C)(C)C1. The number of nitrogens with two attached hydrogens (primary N) is 1. The van der Waals surface area contributed by atoms with E-state index in [1.54, 1.807) is 0 Å². The smallest absolute Gasteiger partial charge is 0.0753 e. The van der Waals surface area contributed by atoms with E-state index >= 15 is 0 Å². The molecule has 3 heteroatoms. The zero-order chi connectivity index (χ0) is 12.5. The summed E-state index contributed by atoms with van der Waals surface area (Å²) in [5.41, 5.74) is 6.38. The molecule has 3 nitrogen and oxygen atoms in total. The zero-order valence-corrected chi connectivity index (χ0v) is 11.7. The van der Waals surface area contributed by atoms with Crippen LogP contribution < -0.4 is 5.73 Å². The minimum absolute atomic E-state index is 0.0163. The number of hydrogen-bond donors (Lipinski definition) is 1. The van der Waals surface area contributed by atoms with Crippen LogP contribution in [0.5, 0.6) is 0 Å².